The SMILES string of the molecule is COc1ccccc1C1CCN(CC2CC3CCC2O3)CC1. The molecular formula is C19H27NO2. The van der Waals surface area contributed by atoms with E-state index in [1.165, 1.54) is 57.3 Å². The van der Waals surface area contributed by atoms with Gasteiger partial charge in [0.05, 0.1) is 19.3 Å². The summed E-state index contributed by atoms with van der Waals surface area (Å²) in [5, 5.41) is 0. The normalized spacial score (nSPS) is 32.5. The fourth-order valence-corrected chi connectivity index (χ4v) is 4.70. The monoisotopic (exact) mass is 301 g/mol. The van der Waals surface area contributed by atoms with Gasteiger partial charge in [0.1, 0.15) is 5.75 Å². The molecule has 3 atom stereocenters. The minimum absolute atomic E-state index is 0.567. The highest BCUT2D eigenvalue weighted by Gasteiger charge is 2.41. The van der Waals surface area contributed by atoms with Crippen molar-refractivity contribution in [3.63, 3.8) is 0 Å². The molecule has 120 valence electrons. The number of para-hydroxylation sites is 1. The summed E-state index contributed by atoms with van der Waals surface area (Å²) in [4.78, 5) is 2.67. The van der Waals surface area contributed by atoms with Gasteiger partial charge in [-0.3, -0.25) is 0 Å². The molecule has 2 bridgehead atoms. The molecule has 22 heavy (non-hydrogen) atoms. The molecule has 3 nitrogen and oxygen atoms in total. The molecule has 0 aliphatic carbocycles. The molecule has 1 aromatic rings. The van der Waals surface area contributed by atoms with E-state index in [1.807, 2.05) is 0 Å². The van der Waals surface area contributed by atoms with E-state index in [1.54, 1.807) is 7.11 Å². The number of rotatable bonds is 4. The van der Waals surface area contributed by atoms with E-state index in [-0.39, 0.29) is 0 Å². The van der Waals surface area contributed by atoms with E-state index in [9.17, 15) is 0 Å². The van der Waals surface area contributed by atoms with Gasteiger partial charge in [0.15, 0.2) is 0 Å². The van der Waals surface area contributed by atoms with E-state index >= 15 is 0 Å². The molecule has 3 saturated heterocycles. The number of hydrogen-bond donors (Lipinski definition) is 0. The van der Waals surface area contributed by atoms with Crippen LogP contribution < -0.4 is 4.74 Å². The number of nitrogens with zero attached hydrogens (tertiary/aromatic N) is 1. The Labute approximate surface area is 133 Å². The maximum atomic E-state index is 6.00. The van der Waals surface area contributed by atoms with Crippen LogP contribution in [0.5, 0.6) is 5.75 Å². The van der Waals surface area contributed by atoms with E-state index in [0.717, 1.165) is 11.7 Å². The minimum Gasteiger partial charge on any atom is -0.496 e. The Morgan fingerprint density at radius 3 is 2.64 bits per heavy atom. The maximum absolute atomic E-state index is 6.00. The molecule has 3 unspecified atom stereocenters. The molecule has 0 radical (unpaired) electrons. The van der Waals surface area contributed by atoms with Crippen molar-refractivity contribution in [2.24, 2.45) is 5.92 Å². The first-order chi connectivity index (χ1) is 10.8. The Balaban J connectivity index is 1.33. The van der Waals surface area contributed by atoms with Gasteiger partial charge >= 0.3 is 0 Å². The second kappa shape index (κ2) is 6.21. The van der Waals surface area contributed by atoms with Crippen molar-refractivity contribution in [3.8, 4) is 5.75 Å². The summed E-state index contributed by atoms with van der Waals surface area (Å²) in [6.45, 7) is 3.69. The number of methoxy groups -OCH3 is 1. The Bertz CT molecular complexity index is 510. The van der Waals surface area contributed by atoms with E-state index in [2.05, 4.69) is 29.2 Å². The first-order valence-electron chi connectivity index (χ1n) is 8.84. The van der Waals surface area contributed by atoms with Gasteiger partial charge in [-0.25, -0.2) is 0 Å². The molecule has 3 fully saturated rings. The first kappa shape index (κ1) is 14.5. The molecule has 3 heterocycles. The van der Waals surface area contributed by atoms with Crippen LogP contribution in [0.2, 0.25) is 0 Å². The summed E-state index contributed by atoms with van der Waals surface area (Å²) >= 11 is 0. The first-order valence-corrected chi connectivity index (χ1v) is 8.84. The van der Waals surface area contributed by atoms with Crippen LogP contribution in [0.3, 0.4) is 0 Å². The predicted molar refractivity (Wildman–Crippen MR) is 87.4 cm³/mol. The molecule has 1 aromatic carbocycles. The molecule has 0 aromatic heterocycles. The molecule has 0 spiro atoms. The number of ether oxygens (including phenoxy) is 2. The van der Waals surface area contributed by atoms with Gasteiger partial charge in [0.2, 0.25) is 0 Å². The molecule has 0 N–H and O–H groups in total. The number of likely N-dealkylation sites (tertiary alicyclic amines) is 1. The van der Waals surface area contributed by atoms with Gasteiger partial charge in [-0.05, 0) is 62.7 Å². The fourth-order valence-electron chi connectivity index (χ4n) is 4.70. The minimum atomic E-state index is 0.567. The van der Waals surface area contributed by atoms with Crippen LogP contribution in [0, 0.1) is 5.92 Å². The summed E-state index contributed by atoms with van der Waals surface area (Å²) in [6.07, 6.45) is 7.56. The predicted octanol–water partition coefficient (Wildman–Crippen LogP) is 3.44. The van der Waals surface area contributed by atoms with E-state index in [4.69, 9.17) is 9.47 Å². The van der Waals surface area contributed by atoms with Crippen molar-refractivity contribution in [2.75, 3.05) is 26.7 Å². The number of fused-ring (bicyclic) bond motifs is 2. The average molecular weight is 301 g/mol. The highest BCUT2D eigenvalue weighted by atomic mass is 16.5. The van der Waals surface area contributed by atoms with Crippen molar-refractivity contribution < 1.29 is 9.47 Å². The number of piperidine rings is 1. The van der Waals surface area contributed by atoms with Crippen LogP contribution in [0.4, 0.5) is 0 Å². The largest absolute Gasteiger partial charge is 0.496 e. The third-order valence-electron chi connectivity index (χ3n) is 5.89. The molecule has 3 aliphatic rings. The highest BCUT2D eigenvalue weighted by molar-refractivity contribution is 5.36. The van der Waals surface area contributed by atoms with Gasteiger partial charge in [-0.15, -0.1) is 0 Å². The van der Waals surface area contributed by atoms with Crippen molar-refractivity contribution in [2.45, 2.75) is 50.2 Å². The molecular weight excluding hydrogens is 274 g/mol. The summed E-state index contributed by atoms with van der Waals surface area (Å²) in [5.74, 6) is 2.51. The lowest BCUT2D eigenvalue weighted by atomic mass is 9.86. The molecule has 3 heteroatoms. The number of benzene rings is 1. The van der Waals surface area contributed by atoms with Gasteiger partial charge in [0.25, 0.3) is 0 Å². The number of hydrogen-bond acceptors (Lipinski definition) is 3. The average Bonchev–Trinajstić information content (AvgIpc) is 3.18. The quantitative estimate of drug-likeness (QED) is 0.850. The van der Waals surface area contributed by atoms with E-state index in [0.29, 0.717) is 18.1 Å². The zero-order valence-electron chi connectivity index (χ0n) is 13.5. The van der Waals surface area contributed by atoms with Crippen molar-refractivity contribution >= 4 is 0 Å². The van der Waals surface area contributed by atoms with Gasteiger partial charge in [0, 0.05) is 12.5 Å². The third kappa shape index (κ3) is 2.77. The standard InChI is InChI=1S/C19H27NO2/c1-21-19-5-3-2-4-17(19)14-8-10-20(11-9-14)13-15-12-16-6-7-18(15)22-16/h2-5,14-16,18H,6-13H2,1H3. The summed E-state index contributed by atoms with van der Waals surface area (Å²) in [7, 11) is 1.78. The molecule has 4 rings (SSSR count). The van der Waals surface area contributed by atoms with Crippen molar-refractivity contribution in [3.05, 3.63) is 29.8 Å². The van der Waals surface area contributed by atoms with Crippen LogP contribution >= 0.6 is 0 Å². The fraction of sp³-hybridized carbons (Fsp3) is 0.684. The van der Waals surface area contributed by atoms with E-state index < -0.39 is 0 Å². The Morgan fingerprint density at radius 2 is 1.95 bits per heavy atom. The van der Waals surface area contributed by atoms with Crippen LogP contribution in [0.25, 0.3) is 0 Å². The topological polar surface area (TPSA) is 21.7 Å². The third-order valence-corrected chi connectivity index (χ3v) is 5.89. The van der Waals surface area contributed by atoms with Crippen LogP contribution in [0.1, 0.15) is 43.6 Å². The smallest absolute Gasteiger partial charge is 0.122 e. The lowest BCUT2D eigenvalue weighted by molar-refractivity contribution is 0.0805. The Morgan fingerprint density at radius 1 is 1.14 bits per heavy atom. The van der Waals surface area contributed by atoms with Crippen LogP contribution in [0.15, 0.2) is 24.3 Å². The Hall–Kier alpha value is -1.06. The lowest BCUT2D eigenvalue weighted by Crippen LogP contribution is -2.39. The van der Waals surface area contributed by atoms with Crippen LogP contribution in [-0.4, -0.2) is 43.9 Å². The second-order valence-corrected chi connectivity index (χ2v) is 7.19. The van der Waals surface area contributed by atoms with Crippen molar-refractivity contribution in [1.29, 1.82) is 0 Å². The second-order valence-electron chi connectivity index (χ2n) is 7.19. The van der Waals surface area contributed by atoms with Gasteiger partial charge in [-0.1, -0.05) is 18.2 Å². The Kier molecular flexibility index (Phi) is 4.10. The summed E-state index contributed by atoms with van der Waals surface area (Å²) < 4.78 is 11.5. The lowest BCUT2D eigenvalue weighted by Gasteiger charge is -2.35. The zero-order valence-corrected chi connectivity index (χ0v) is 13.5. The van der Waals surface area contributed by atoms with Gasteiger partial charge < -0.3 is 14.4 Å². The summed E-state index contributed by atoms with van der Waals surface area (Å²) in [5.41, 5.74) is 1.40. The van der Waals surface area contributed by atoms with Gasteiger partial charge in [-0.2, -0.15) is 0 Å². The zero-order chi connectivity index (χ0) is 14.9. The summed E-state index contributed by atoms with van der Waals surface area (Å²) in [6, 6.07) is 8.53. The molecule has 0 amide bonds. The highest BCUT2D eigenvalue weighted by Crippen LogP contribution is 2.40. The molecule has 0 saturated carbocycles. The molecule has 3 aliphatic heterocycles. The van der Waals surface area contributed by atoms with Crippen molar-refractivity contribution in [1.82, 2.24) is 4.90 Å². The van der Waals surface area contributed by atoms with Crippen LogP contribution in [-0.2, 0) is 4.74 Å². The maximum Gasteiger partial charge on any atom is 0.122 e.